The number of nitrogens with zero attached hydrogens (tertiary/aromatic N) is 2. The topological polar surface area (TPSA) is 112 Å². The van der Waals surface area contributed by atoms with Crippen molar-refractivity contribution in [3.05, 3.63) is 70.8 Å². The summed E-state index contributed by atoms with van der Waals surface area (Å²) in [7, 11) is 1.56. The van der Waals surface area contributed by atoms with Gasteiger partial charge in [-0.25, -0.2) is 4.98 Å². The van der Waals surface area contributed by atoms with Crippen LogP contribution in [0.25, 0.3) is 11.3 Å². The Morgan fingerprint density at radius 1 is 1.19 bits per heavy atom. The van der Waals surface area contributed by atoms with Gasteiger partial charge in [0.05, 0.1) is 18.8 Å². The molecular formula is C28H32ClN3O5. The molecular weight excluding hydrogens is 494 g/mol. The van der Waals surface area contributed by atoms with Gasteiger partial charge in [0.15, 0.2) is 12.2 Å². The van der Waals surface area contributed by atoms with Crippen molar-refractivity contribution in [3.8, 4) is 17.1 Å². The summed E-state index contributed by atoms with van der Waals surface area (Å²) in [6, 6.07) is 12.7. The molecule has 196 valence electrons. The number of carbonyl (C=O) groups is 2. The maximum absolute atomic E-state index is 13.0. The number of amides is 2. The summed E-state index contributed by atoms with van der Waals surface area (Å²) in [5, 5.41) is 24.2. The van der Waals surface area contributed by atoms with Gasteiger partial charge in [-0.2, -0.15) is 0 Å². The Kier molecular flexibility index (Phi) is 8.63. The number of nitrogens with one attached hydrogen (secondary N) is 1. The van der Waals surface area contributed by atoms with E-state index >= 15 is 0 Å². The largest absolute Gasteiger partial charge is 0.481 e. The third kappa shape index (κ3) is 6.39. The van der Waals surface area contributed by atoms with Crippen LogP contribution in [-0.4, -0.2) is 63.8 Å². The third-order valence-electron chi connectivity index (χ3n) is 6.76. The Hall–Kier alpha value is -3.20. The maximum Gasteiger partial charge on any atom is 0.255 e. The zero-order chi connectivity index (χ0) is 26.5. The molecule has 0 spiro atoms. The van der Waals surface area contributed by atoms with Crippen LogP contribution in [0, 0.1) is 5.92 Å². The molecule has 9 heteroatoms. The third-order valence-corrected chi connectivity index (χ3v) is 6.99. The Balaban J connectivity index is 1.33. The van der Waals surface area contributed by atoms with Crippen molar-refractivity contribution in [2.75, 3.05) is 13.7 Å². The van der Waals surface area contributed by atoms with Crippen molar-refractivity contribution in [1.82, 2.24) is 15.2 Å². The number of methoxy groups -OCH3 is 1. The number of allylic oxidation sites excluding steroid dienone is 3. The van der Waals surface area contributed by atoms with Gasteiger partial charge in [0.2, 0.25) is 5.88 Å². The number of aliphatic hydroxyl groups excluding tert-OH is 2. The molecule has 37 heavy (non-hydrogen) atoms. The predicted octanol–water partition coefficient (Wildman–Crippen LogP) is 3.18. The van der Waals surface area contributed by atoms with Crippen LogP contribution in [0.3, 0.4) is 0 Å². The Morgan fingerprint density at radius 2 is 1.95 bits per heavy atom. The molecule has 1 saturated heterocycles. The first kappa shape index (κ1) is 26.9. The van der Waals surface area contributed by atoms with E-state index in [4.69, 9.17) is 16.3 Å². The van der Waals surface area contributed by atoms with Crippen LogP contribution >= 0.6 is 11.6 Å². The maximum atomic E-state index is 13.0. The number of aliphatic hydroxyl groups is 2. The number of aromatic nitrogens is 1. The summed E-state index contributed by atoms with van der Waals surface area (Å²) in [6.45, 7) is 2.64. The van der Waals surface area contributed by atoms with E-state index in [1.54, 1.807) is 18.1 Å². The fourth-order valence-electron chi connectivity index (χ4n) is 4.86. The highest BCUT2D eigenvalue weighted by Gasteiger charge is 2.39. The first-order chi connectivity index (χ1) is 17.8. The van der Waals surface area contributed by atoms with Gasteiger partial charge >= 0.3 is 0 Å². The van der Waals surface area contributed by atoms with Gasteiger partial charge in [-0.3, -0.25) is 9.59 Å². The standard InChI is InChI=1S/C28H32ClN3O5/c1-17-13-20(15-21(29)14-17)23-6-4-12-32(23)28(36)26(34)25(33)27(35)30-16-18-8-10-19(11-9-18)22-5-3-7-24(31-22)37-2/h3,5,7-11,14-15,17,23,25-26,33-34H,4,6,12-13,16H2,1-2H3,(H,30,35)/t17?,23-,25-,26-/m1/s1. The normalized spacial score (nSPS) is 21.1. The van der Waals surface area contributed by atoms with Crippen molar-refractivity contribution in [3.63, 3.8) is 0 Å². The van der Waals surface area contributed by atoms with Crippen LogP contribution in [-0.2, 0) is 16.1 Å². The smallest absolute Gasteiger partial charge is 0.255 e. The van der Waals surface area contributed by atoms with E-state index in [-0.39, 0.29) is 18.5 Å². The summed E-state index contributed by atoms with van der Waals surface area (Å²) in [5.41, 5.74) is 3.46. The number of pyridine rings is 1. The molecule has 8 nitrogen and oxygen atoms in total. The lowest BCUT2D eigenvalue weighted by molar-refractivity contribution is -0.153. The number of hydrogen-bond acceptors (Lipinski definition) is 6. The average Bonchev–Trinajstić information content (AvgIpc) is 3.40. The number of hydrogen-bond donors (Lipinski definition) is 3. The number of benzene rings is 1. The SMILES string of the molecule is COc1cccc(-c2ccc(CNC(=O)[C@H](O)[C@@H](O)C(=O)N3CCC[C@@H]3C3=CC(Cl)=CC(C)C3)cc2)n1. The zero-order valence-electron chi connectivity index (χ0n) is 20.9. The van der Waals surface area contributed by atoms with Crippen molar-refractivity contribution in [2.24, 2.45) is 5.92 Å². The predicted molar refractivity (Wildman–Crippen MR) is 141 cm³/mol. The first-order valence-electron chi connectivity index (χ1n) is 12.4. The lowest BCUT2D eigenvalue weighted by atomic mass is 9.90. The molecule has 2 aliphatic rings. The van der Waals surface area contributed by atoms with Gasteiger partial charge < -0.3 is 25.2 Å². The molecule has 2 aromatic rings. The molecule has 0 radical (unpaired) electrons. The molecule has 4 atom stereocenters. The van der Waals surface area contributed by atoms with E-state index in [0.717, 1.165) is 41.7 Å². The summed E-state index contributed by atoms with van der Waals surface area (Å²) >= 11 is 6.23. The molecule has 1 aromatic heterocycles. The van der Waals surface area contributed by atoms with Crippen LogP contribution in [0.5, 0.6) is 5.88 Å². The van der Waals surface area contributed by atoms with E-state index in [9.17, 15) is 19.8 Å². The molecule has 1 aliphatic heterocycles. The van der Waals surface area contributed by atoms with Gasteiger partial charge in [-0.05, 0) is 48.5 Å². The van der Waals surface area contributed by atoms with Gasteiger partial charge in [-0.15, -0.1) is 0 Å². The highest BCUT2D eigenvalue weighted by Crippen LogP contribution is 2.33. The fraction of sp³-hybridized carbons (Fsp3) is 0.393. The molecule has 0 saturated carbocycles. The van der Waals surface area contributed by atoms with Crippen LogP contribution < -0.4 is 10.1 Å². The van der Waals surface area contributed by atoms with Gasteiger partial charge in [0.1, 0.15) is 0 Å². The Labute approximate surface area is 221 Å². The second kappa shape index (κ2) is 11.9. The number of likely N-dealkylation sites (tertiary alicyclic amines) is 1. The van der Waals surface area contributed by atoms with Crippen molar-refractivity contribution in [2.45, 2.75) is 51.0 Å². The summed E-state index contributed by atoms with van der Waals surface area (Å²) in [4.78, 5) is 31.6. The summed E-state index contributed by atoms with van der Waals surface area (Å²) < 4.78 is 5.16. The van der Waals surface area contributed by atoms with E-state index < -0.39 is 24.0 Å². The number of ether oxygens (including phenoxy) is 1. The van der Waals surface area contributed by atoms with Crippen LogP contribution in [0.4, 0.5) is 0 Å². The second-order valence-electron chi connectivity index (χ2n) is 9.51. The van der Waals surface area contributed by atoms with Gasteiger partial charge in [-0.1, -0.05) is 54.9 Å². The summed E-state index contributed by atoms with van der Waals surface area (Å²) in [5.74, 6) is -0.694. The highest BCUT2D eigenvalue weighted by molar-refractivity contribution is 6.31. The lowest BCUT2D eigenvalue weighted by Crippen LogP contribution is -2.52. The zero-order valence-corrected chi connectivity index (χ0v) is 21.7. The van der Waals surface area contributed by atoms with Crippen LogP contribution in [0.15, 0.2) is 65.2 Å². The van der Waals surface area contributed by atoms with Crippen molar-refractivity contribution >= 4 is 23.4 Å². The monoisotopic (exact) mass is 525 g/mol. The van der Waals surface area contributed by atoms with E-state index in [2.05, 4.69) is 17.2 Å². The van der Waals surface area contributed by atoms with Crippen LogP contribution in [0.2, 0.25) is 0 Å². The minimum absolute atomic E-state index is 0.130. The molecule has 3 N–H and O–H groups in total. The van der Waals surface area contributed by atoms with Crippen molar-refractivity contribution in [1.29, 1.82) is 0 Å². The van der Waals surface area contributed by atoms with Gasteiger partial charge in [0, 0.05) is 29.8 Å². The molecule has 2 heterocycles. The van der Waals surface area contributed by atoms with Crippen LogP contribution in [0.1, 0.15) is 31.7 Å². The molecule has 4 rings (SSSR count). The van der Waals surface area contributed by atoms with E-state index in [1.807, 2.05) is 48.6 Å². The number of carbonyl (C=O) groups excluding carboxylic acids is 2. The van der Waals surface area contributed by atoms with Gasteiger partial charge in [0.25, 0.3) is 11.8 Å². The highest BCUT2D eigenvalue weighted by atomic mass is 35.5. The number of rotatable bonds is 8. The molecule has 1 unspecified atom stereocenters. The minimum Gasteiger partial charge on any atom is -0.481 e. The molecule has 2 amide bonds. The number of halogens is 1. The molecule has 0 bridgehead atoms. The van der Waals surface area contributed by atoms with E-state index in [0.29, 0.717) is 17.5 Å². The summed E-state index contributed by atoms with van der Waals surface area (Å²) in [6.07, 6.45) is 2.42. The quantitative estimate of drug-likeness (QED) is 0.488. The average molecular weight is 526 g/mol. The first-order valence-corrected chi connectivity index (χ1v) is 12.8. The Bertz CT molecular complexity index is 1200. The van der Waals surface area contributed by atoms with Crippen molar-refractivity contribution < 1.29 is 24.5 Å². The molecule has 1 aromatic carbocycles. The second-order valence-corrected chi connectivity index (χ2v) is 9.95. The molecule has 1 fully saturated rings. The Morgan fingerprint density at radius 3 is 2.65 bits per heavy atom. The minimum atomic E-state index is -1.88. The van der Waals surface area contributed by atoms with E-state index in [1.165, 1.54) is 0 Å². The lowest BCUT2D eigenvalue weighted by Gasteiger charge is -2.31. The fourth-order valence-corrected chi connectivity index (χ4v) is 5.21. The molecule has 1 aliphatic carbocycles.